The molecule has 1 saturated heterocycles. The minimum Gasteiger partial charge on any atom is -0.494 e. The molecule has 2 heterocycles. The molecule has 2 amide bonds. The number of anilines is 2. The molecule has 1 aromatic heterocycles. The minimum atomic E-state index is -3.89. The van der Waals surface area contributed by atoms with Gasteiger partial charge in [-0.05, 0) is 72.9 Å². The Labute approximate surface area is 222 Å². The maximum atomic E-state index is 13.6. The van der Waals surface area contributed by atoms with Crippen molar-refractivity contribution in [3.63, 3.8) is 0 Å². The third-order valence-electron chi connectivity index (χ3n) is 5.81. The van der Waals surface area contributed by atoms with Gasteiger partial charge in [-0.3, -0.25) is 19.0 Å². The van der Waals surface area contributed by atoms with Gasteiger partial charge in [-0.15, -0.1) is 0 Å². The molecule has 0 radical (unpaired) electrons. The maximum Gasteiger partial charge on any atom is 0.431 e. The number of ether oxygens (including phenoxy) is 1. The third-order valence-corrected chi connectivity index (χ3v) is 7.15. The summed E-state index contributed by atoms with van der Waals surface area (Å²) in [5, 5.41) is 10.3. The van der Waals surface area contributed by atoms with E-state index in [1.807, 2.05) is 6.92 Å². The number of sulfonamides is 1. The molecule has 0 spiro atoms. The predicted molar refractivity (Wildman–Crippen MR) is 139 cm³/mol. The molecule has 1 unspecified atom stereocenters. The number of carbonyl (C=O) groups excluding carboxylic acids is 2. The van der Waals surface area contributed by atoms with E-state index in [0.717, 1.165) is 0 Å². The fourth-order valence-electron chi connectivity index (χ4n) is 3.92. The van der Waals surface area contributed by atoms with E-state index >= 15 is 0 Å². The zero-order valence-corrected chi connectivity index (χ0v) is 22.0. The highest BCUT2D eigenvalue weighted by molar-refractivity contribution is 7.89. The Bertz CT molecular complexity index is 1530. The van der Waals surface area contributed by atoms with Crippen LogP contribution < -0.4 is 30.4 Å². The van der Waals surface area contributed by atoms with Crippen LogP contribution in [0.2, 0.25) is 0 Å². The number of aromatic nitrogens is 2. The Morgan fingerprint density at radius 3 is 2.39 bits per heavy atom. The molecule has 3 aromatic rings. The molecular formula is C23H25N6O7S2+. The number of hydrogen-bond donors (Lipinski definition) is 3. The molecule has 15 heteroatoms. The molecule has 0 saturated carbocycles. The van der Waals surface area contributed by atoms with Gasteiger partial charge in [-0.25, -0.2) is 18.4 Å². The maximum absolute atomic E-state index is 13.6. The SMILES string of the molecule is CCOc1ccc(N2C(=O)C(CC(=O)Nc3ccc(S(N)(=O)=O)cc3)N(Cc3c(=O)o[nH][n+]3C)C2=S)cc1. The average Bonchev–Trinajstić information content (AvgIpc) is 3.30. The summed E-state index contributed by atoms with van der Waals surface area (Å²) in [6.45, 7) is 2.24. The highest BCUT2D eigenvalue weighted by Crippen LogP contribution is 2.29. The van der Waals surface area contributed by atoms with Crippen LogP contribution in [-0.2, 0) is 33.2 Å². The Morgan fingerprint density at radius 2 is 1.84 bits per heavy atom. The van der Waals surface area contributed by atoms with Gasteiger partial charge in [0.15, 0.2) is 12.2 Å². The van der Waals surface area contributed by atoms with Gasteiger partial charge in [-0.2, -0.15) is 0 Å². The number of nitrogens with two attached hydrogens (primary N) is 1. The Kier molecular flexibility index (Phi) is 7.61. The van der Waals surface area contributed by atoms with Gasteiger partial charge in [0.2, 0.25) is 15.9 Å². The van der Waals surface area contributed by atoms with E-state index in [0.29, 0.717) is 23.7 Å². The molecule has 13 nitrogen and oxygen atoms in total. The van der Waals surface area contributed by atoms with Gasteiger partial charge in [-0.1, -0.05) is 4.68 Å². The van der Waals surface area contributed by atoms with E-state index in [4.69, 9.17) is 26.6 Å². The molecule has 1 atom stereocenters. The number of nitrogens with one attached hydrogen (secondary N) is 2. The monoisotopic (exact) mass is 561 g/mol. The summed E-state index contributed by atoms with van der Waals surface area (Å²) in [7, 11) is -2.32. The second-order valence-electron chi connectivity index (χ2n) is 8.34. The van der Waals surface area contributed by atoms with Crippen LogP contribution in [0.3, 0.4) is 0 Å². The van der Waals surface area contributed by atoms with Crippen molar-refractivity contribution in [1.82, 2.24) is 10.2 Å². The second-order valence-corrected chi connectivity index (χ2v) is 10.3. The number of primary sulfonamides is 1. The number of aryl methyl sites for hydroxylation is 1. The number of amides is 2. The van der Waals surface area contributed by atoms with Gasteiger partial charge >= 0.3 is 11.3 Å². The Balaban J connectivity index is 1.60. The lowest BCUT2D eigenvalue weighted by molar-refractivity contribution is -0.746. The lowest BCUT2D eigenvalue weighted by Gasteiger charge is -2.21. The van der Waals surface area contributed by atoms with Crippen LogP contribution in [-0.4, -0.2) is 48.2 Å². The van der Waals surface area contributed by atoms with Crippen molar-refractivity contribution in [3.05, 3.63) is 64.6 Å². The number of carbonyl (C=O) groups is 2. The molecule has 4 rings (SSSR count). The predicted octanol–water partition coefficient (Wildman–Crippen LogP) is 0.370. The highest BCUT2D eigenvalue weighted by atomic mass is 32.2. The molecule has 0 aliphatic carbocycles. The van der Waals surface area contributed by atoms with Crippen molar-refractivity contribution in [3.8, 4) is 5.75 Å². The third kappa shape index (κ3) is 5.58. The number of H-pyrrole nitrogens is 1. The molecule has 1 aliphatic heterocycles. The smallest absolute Gasteiger partial charge is 0.431 e. The summed E-state index contributed by atoms with van der Waals surface area (Å²) >= 11 is 5.62. The summed E-state index contributed by atoms with van der Waals surface area (Å²) in [4.78, 5) is 41.4. The second kappa shape index (κ2) is 10.7. The summed E-state index contributed by atoms with van der Waals surface area (Å²) in [5.74, 6) is -0.369. The molecule has 2 aromatic carbocycles. The van der Waals surface area contributed by atoms with Crippen LogP contribution in [0.1, 0.15) is 19.0 Å². The van der Waals surface area contributed by atoms with Crippen molar-refractivity contribution >= 4 is 50.5 Å². The van der Waals surface area contributed by atoms with Crippen molar-refractivity contribution in [2.75, 3.05) is 16.8 Å². The number of nitrogens with zero attached hydrogens (tertiary/aromatic N) is 3. The van der Waals surface area contributed by atoms with E-state index in [-0.39, 0.29) is 28.7 Å². The normalized spacial score (nSPS) is 15.7. The van der Waals surface area contributed by atoms with Gasteiger partial charge < -0.3 is 15.0 Å². The first kappa shape index (κ1) is 27.0. The molecular weight excluding hydrogens is 536 g/mol. The van der Waals surface area contributed by atoms with Crippen molar-refractivity contribution < 1.29 is 31.9 Å². The number of thiocarbonyl (C=S) groups is 1. The number of aromatic amines is 1. The summed E-state index contributed by atoms with van der Waals surface area (Å²) in [5.41, 5.74) is 0.335. The van der Waals surface area contributed by atoms with E-state index in [2.05, 4.69) is 10.6 Å². The number of rotatable bonds is 9. The average molecular weight is 562 g/mol. The van der Waals surface area contributed by atoms with E-state index in [1.165, 1.54) is 38.7 Å². The summed E-state index contributed by atoms with van der Waals surface area (Å²) in [6, 6.07) is 11.0. The molecule has 1 fully saturated rings. The fourth-order valence-corrected chi connectivity index (χ4v) is 4.82. The summed E-state index contributed by atoms with van der Waals surface area (Å²) < 4.78 is 34.6. The Morgan fingerprint density at radius 1 is 1.18 bits per heavy atom. The van der Waals surface area contributed by atoms with Crippen molar-refractivity contribution in [2.24, 2.45) is 12.2 Å². The molecule has 38 heavy (non-hydrogen) atoms. The molecule has 1 aliphatic rings. The van der Waals surface area contributed by atoms with E-state index < -0.39 is 33.5 Å². The summed E-state index contributed by atoms with van der Waals surface area (Å²) in [6.07, 6.45) is -0.303. The van der Waals surface area contributed by atoms with Crippen molar-refractivity contribution in [2.45, 2.75) is 30.8 Å². The van der Waals surface area contributed by atoms with Gasteiger partial charge in [0.1, 0.15) is 18.3 Å². The van der Waals surface area contributed by atoms with Gasteiger partial charge in [0.25, 0.3) is 5.91 Å². The quantitative estimate of drug-likeness (QED) is 0.246. The van der Waals surface area contributed by atoms with Gasteiger partial charge in [0, 0.05) is 5.69 Å². The molecule has 4 N–H and O–H groups in total. The minimum absolute atomic E-state index is 0.0958. The van der Waals surface area contributed by atoms with Crippen LogP contribution in [0.25, 0.3) is 0 Å². The van der Waals surface area contributed by atoms with Crippen LogP contribution in [0.4, 0.5) is 11.4 Å². The lowest BCUT2D eigenvalue weighted by atomic mass is 10.1. The van der Waals surface area contributed by atoms with Gasteiger partial charge in [0.05, 0.1) is 23.6 Å². The first-order chi connectivity index (χ1) is 18.0. The first-order valence-electron chi connectivity index (χ1n) is 11.4. The van der Waals surface area contributed by atoms with Crippen LogP contribution in [0.5, 0.6) is 5.75 Å². The number of hydrogen-bond acceptors (Lipinski definition) is 8. The number of benzene rings is 2. The molecule has 0 bridgehead atoms. The fraction of sp³-hybridized carbons (Fsp3) is 0.261. The van der Waals surface area contributed by atoms with Crippen LogP contribution in [0.15, 0.2) is 62.7 Å². The standard InChI is InChI=1S/C23H24N6O7S2/c1-3-35-16-8-6-15(7-9-16)29-21(31)18(28(23(29)37)13-19-22(32)36-26-27(19)2)12-20(30)25-14-4-10-17(11-5-14)38(24,33)34/h4-11,18H,3,12-13H2,1-2H3,(H3-,24,25,26,30,32,33,34)/p+1. The molecule has 200 valence electrons. The largest absolute Gasteiger partial charge is 0.494 e. The van der Waals surface area contributed by atoms with E-state index in [1.54, 1.807) is 31.3 Å². The van der Waals surface area contributed by atoms with Crippen molar-refractivity contribution in [1.29, 1.82) is 0 Å². The zero-order valence-electron chi connectivity index (χ0n) is 20.4. The Hall–Kier alpha value is -4.08. The topological polar surface area (TPSA) is 172 Å². The van der Waals surface area contributed by atoms with E-state index in [9.17, 15) is 22.8 Å². The van der Waals surface area contributed by atoms with Crippen LogP contribution in [0, 0.1) is 0 Å². The lowest BCUT2D eigenvalue weighted by Crippen LogP contribution is -2.44. The highest BCUT2D eigenvalue weighted by Gasteiger charge is 2.45. The zero-order chi connectivity index (χ0) is 27.6. The van der Waals surface area contributed by atoms with Crippen LogP contribution >= 0.6 is 12.2 Å². The first-order valence-corrected chi connectivity index (χ1v) is 13.3.